The van der Waals surface area contributed by atoms with E-state index < -0.39 is 24.6 Å². The first-order valence-corrected chi connectivity index (χ1v) is 8.13. The zero-order valence-corrected chi connectivity index (χ0v) is 14.8. The van der Waals surface area contributed by atoms with Crippen molar-refractivity contribution in [2.24, 2.45) is 0 Å². The van der Waals surface area contributed by atoms with Crippen LogP contribution in [0.5, 0.6) is 0 Å². The Bertz CT molecular complexity index is 777. The molecule has 2 N–H and O–H groups in total. The third-order valence-corrected chi connectivity index (χ3v) is 3.40. The summed E-state index contributed by atoms with van der Waals surface area (Å²) in [5, 5.41) is 5.01. The summed E-state index contributed by atoms with van der Waals surface area (Å²) in [4.78, 5) is 24.0. The lowest BCUT2D eigenvalue weighted by Gasteiger charge is -2.09. The largest absolute Gasteiger partial charge is 0.444 e. The number of alkyl halides is 3. The molecule has 1 aromatic carbocycles. The van der Waals surface area contributed by atoms with Crippen LogP contribution in [-0.2, 0) is 4.74 Å². The minimum atomic E-state index is -4.40. The van der Waals surface area contributed by atoms with E-state index in [4.69, 9.17) is 4.42 Å². The minimum absolute atomic E-state index is 0.0775. The van der Waals surface area contributed by atoms with Crippen LogP contribution in [0.25, 0.3) is 0 Å². The fourth-order valence-corrected chi connectivity index (χ4v) is 2.20. The van der Waals surface area contributed by atoms with Crippen molar-refractivity contribution >= 4 is 33.4 Å². The number of hydrogen-bond acceptors (Lipinski definition) is 4. The number of rotatable bonds is 7. The Hall–Kier alpha value is -2.33. The first kappa shape index (κ1) is 20.0. The topological polar surface area (TPSA) is 80.6 Å². The van der Waals surface area contributed by atoms with Crippen molar-refractivity contribution in [1.82, 2.24) is 5.32 Å². The van der Waals surface area contributed by atoms with Gasteiger partial charge in [-0.05, 0) is 46.3 Å². The maximum absolute atomic E-state index is 12.0. The summed E-state index contributed by atoms with van der Waals surface area (Å²) in [6.07, 6.45) is -4.40. The molecular weight excluding hydrogens is 421 g/mol. The number of nitrogens with one attached hydrogen (secondary N) is 2. The summed E-state index contributed by atoms with van der Waals surface area (Å²) in [6, 6.07) is 9.13. The molecule has 0 aliphatic carbocycles. The quantitative estimate of drug-likeness (QED) is 0.652. The fourth-order valence-electron chi connectivity index (χ4n) is 1.89. The summed E-state index contributed by atoms with van der Waals surface area (Å²) >= 11 is 3.09. The molecule has 0 radical (unpaired) electrons. The van der Waals surface area contributed by atoms with Crippen LogP contribution in [0.3, 0.4) is 0 Å². The number of carbonyl (C=O) groups is 2. The van der Waals surface area contributed by atoms with Gasteiger partial charge >= 0.3 is 6.18 Å². The van der Waals surface area contributed by atoms with Crippen LogP contribution in [0.15, 0.2) is 45.5 Å². The van der Waals surface area contributed by atoms with Crippen LogP contribution in [0.2, 0.25) is 0 Å². The van der Waals surface area contributed by atoms with E-state index in [1.165, 1.54) is 18.2 Å². The third-order valence-electron chi connectivity index (χ3n) is 2.98. The molecule has 0 atom stereocenters. The van der Waals surface area contributed by atoms with Gasteiger partial charge in [0.2, 0.25) is 0 Å². The van der Waals surface area contributed by atoms with Crippen molar-refractivity contribution in [3.05, 3.63) is 52.4 Å². The van der Waals surface area contributed by atoms with Crippen LogP contribution in [0.4, 0.5) is 18.9 Å². The average Bonchev–Trinajstić information content (AvgIpc) is 3.00. The monoisotopic (exact) mass is 434 g/mol. The Balaban J connectivity index is 1.85. The molecule has 0 spiro atoms. The van der Waals surface area contributed by atoms with Crippen LogP contribution in [-0.4, -0.2) is 37.7 Å². The van der Waals surface area contributed by atoms with Gasteiger partial charge in [-0.3, -0.25) is 9.59 Å². The van der Waals surface area contributed by atoms with Crippen molar-refractivity contribution < 1.29 is 31.9 Å². The standard InChI is InChI=1S/C16H14BrF3N2O4/c17-13-5-4-12(26-13)15(24)22-11-3-1-2-10(8-11)14(23)21-6-7-25-9-16(18,19)20/h1-5,8H,6-7,9H2,(H,21,23)(H,22,24). The maximum Gasteiger partial charge on any atom is 0.411 e. The number of amides is 2. The Morgan fingerprint density at radius 3 is 2.58 bits per heavy atom. The first-order valence-electron chi connectivity index (χ1n) is 7.34. The van der Waals surface area contributed by atoms with Crippen LogP contribution < -0.4 is 10.6 Å². The summed E-state index contributed by atoms with van der Waals surface area (Å²) in [5.74, 6) is -0.903. The third kappa shape index (κ3) is 6.52. The van der Waals surface area contributed by atoms with E-state index in [9.17, 15) is 22.8 Å². The lowest BCUT2D eigenvalue weighted by molar-refractivity contribution is -0.173. The molecule has 26 heavy (non-hydrogen) atoms. The van der Waals surface area contributed by atoms with E-state index in [0.717, 1.165) is 0 Å². The number of carbonyl (C=O) groups excluding carboxylic acids is 2. The van der Waals surface area contributed by atoms with E-state index in [2.05, 4.69) is 31.3 Å². The normalized spacial score (nSPS) is 11.2. The van der Waals surface area contributed by atoms with Crippen LogP contribution in [0, 0.1) is 0 Å². The van der Waals surface area contributed by atoms with Crippen LogP contribution in [0.1, 0.15) is 20.9 Å². The molecule has 10 heteroatoms. The molecule has 6 nitrogen and oxygen atoms in total. The van der Waals surface area contributed by atoms with Crippen molar-refractivity contribution in [2.45, 2.75) is 6.18 Å². The summed E-state index contributed by atoms with van der Waals surface area (Å²) < 4.78 is 45.7. The summed E-state index contributed by atoms with van der Waals surface area (Å²) in [6.45, 7) is -1.71. The summed E-state index contributed by atoms with van der Waals surface area (Å²) in [5.41, 5.74) is 0.600. The van der Waals surface area contributed by atoms with Gasteiger partial charge in [-0.25, -0.2) is 0 Å². The molecule has 0 saturated heterocycles. The zero-order chi connectivity index (χ0) is 19.2. The van der Waals surface area contributed by atoms with E-state index in [0.29, 0.717) is 10.4 Å². The molecule has 0 saturated carbocycles. The molecule has 0 aliphatic rings. The average molecular weight is 435 g/mol. The van der Waals surface area contributed by atoms with Crippen molar-refractivity contribution in [3.8, 4) is 0 Å². The summed E-state index contributed by atoms with van der Waals surface area (Å²) in [7, 11) is 0. The van der Waals surface area contributed by atoms with Crippen molar-refractivity contribution in [3.63, 3.8) is 0 Å². The number of benzene rings is 1. The highest BCUT2D eigenvalue weighted by molar-refractivity contribution is 9.10. The molecule has 2 amide bonds. The Labute approximate surface area is 154 Å². The van der Waals surface area contributed by atoms with Gasteiger partial charge in [-0.1, -0.05) is 6.07 Å². The second-order valence-electron chi connectivity index (χ2n) is 5.06. The van der Waals surface area contributed by atoms with E-state index in [1.54, 1.807) is 18.2 Å². The van der Waals surface area contributed by atoms with Gasteiger partial charge in [-0.2, -0.15) is 13.2 Å². The molecule has 2 rings (SSSR count). The first-order chi connectivity index (χ1) is 12.2. The lowest BCUT2D eigenvalue weighted by Crippen LogP contribution is -2.29. The Kier molecular flexibility index (Phi) is 6.81. The highest BCUT2D eigenvalue weighted by Crippen LogP contribution is 2.17. The minimum Gasteiger partial charge on any atom is -0.444 e. The Morgan fingerprint density at radius 1 is 1.15 bits per heavy atom. The zero-order valence-electron chi connectivity index (χ0n) is 13.2. The molecule has 1 heterocycles. The fraction of sp³-hybridized carbons (Fsp3) is 0.250. The molecule has 0 fully saturated rings. The number of ether oxygens (including phenoxy) is 1. The number of anilines is 1. The number of halogens is 4. The second-order valence-corrected chi connectivity index (χ2v) is 5.84. The smallest absolute Gasteiger partial charge is 0.411 e. The lowest BCUT2D eigenvalue weighted by atomic mass is 10.2. The van der Waals surface area contributed by atoms with E-state index in [1.807, 2.05) is 0 Å². The molecule has 140 valence electrons. The van der Waals surface area contributed by atoms with Crippen molar-refractivity contribution in [1.29, 1.82) is 0 Å². The molecule has 0 bridgehead atoms. The van der Waals surface area contributed by atoms with Gasteiger partial charge in [0, 0.05) is 17.8 Å². The molecule has 0 unspecified atom stereocenters. The Morgan fingerprint density at radius 2 is 1.92 bits per heavy atom. The van der Waals surface area contributed by atoms with E-state index >= 15 is 0 Å². The maximum atomic E-state index is 12.0. The number of furan rings is 1. The van der Waals surface area contributed by atoms with Gasteiger partial charge in [0.15, 0.2) is 10.4 Å². The van der Waals surface area contributed by atoms with Crippen LogP contribution >= 0.6 is 15.9 Å². The predicted molar refractivity (Wildman–Crippen MR) is 90.0 cm³/mol. The number of hydrogen-bond donors (Lipinski definition) is 2. The second kappa shape index (κ2) is 8.86. The SMILES string of the molecule is O=C(NCCOCC(F)(F)F)c1cccc(NC(=O)c2ccc(Br)o2)c1. The van der Waals surface area contributed by atoms with E-state index in [-0.39, 0.29) is 24.5 Å². The van der Waals surface area contributed by atoms with Crippen molar-refractivity contribution in [2.75, 3.05) is 25.1 Å². The highest BCUT2D eigenvalue weighted by atomic mass is 79.9. The molecule has 1 aromatic heterocycles. The van der Waals surface area contributed by atoms with Gasteiger partial charge in [0.1, 0.15) is 6.61 Å². The molecule has 0 aliphatic heterocycles. The van der Waals surface area contributed by atoms with Gasteiger partial charge < -0.3 is 19.8 Å². The highest BCUT2D eigenvalue weighted by Gasteiger charge is 2.27. The molecular formula is C16H14BrF3N2O4. The molecule has 2 aromatic rings. The predicted octanol–water partition coefficient (Wildman–Crippen LogP) is 3.60. The van der Waals surface area contributed by atoms with Gasteiger partial charge in [0.25, 0.3) is 11.8 Å². The van der Waals surface area contributed by atoms with Gasteiger partial charge in [-0.15, -0.1) is 0 Å². The van der Waals surface area contributed by atoms with Gasteiger partial charge in [0.05, 0.1) is 6.61 Å².